The van der Waals surface area contributed by atoms with E-state index in [-0.39, 0.29) is 18.1 Å². The van der Waals surface area contributed by atoms with Gasteiger partial charge in [0, 0.05) is 24.3 Å². The molecule has 0 saturated carbocycles. The average molecular weight is 384 g/mol. The van der Waals surface area contributed by atoms with Gasteiger partial charge in [-0.05, 0) is 35.4 Å². The number of anilines is 1. The van der Waals surface area contributed by atoms with Crippen LogP contribution in [0.5, 0.6) is 0 Å². The minimum Gasteiger partial charge on any atom is -0.348 e. The summed E-state index contributed by atoms with van der Waals surface area (Å²) in [5, 5.41) is 7.22. The third kappa shape index (κ3) is 3.91. The van der Waals surface area contributed by atoms with Crippen LogP contribution in [-0.4, -0.2) is 11.9 Å². The molecule has 3 amide bonds. The predicted octanol–water partition coefficient (Wildman–Crippen LogP) is 3.92. The fourth-order valence-corrected chi connectivity index (χ4v) is 2.86. The van der Waals surface area contributed by atoms with Crippen LogP contribution in [0.2, 0.25) is 5.02 Å². The van der Waals surface area contributed by atoms with Crippen molar-refractivity contribution in [1.82, 2.24) is 10.6 Å². The highest BCUT2D eigenvalue weighted by atomic mass is 35.5. The van der Waals surface area contributed by atoms with Crippen LogP contribution < -0.4 is 16.0 Å². The first-order valence-corrected chi connectivity index (χ1v) is 7.93. The minimum atomic E-state index is -4.55. The zero-order valence-electron chi connectivity index (χ0n) is 13.2. The number of carbonyl (C=O) groups is 2. The number of hydrogen-bond acceptors (Lipinski definition) is 2. The van der Waals surface area contributed by atoms with E-state index in [1.54, 1.807) is 12.1 Å². The number of halogens is 4. The Morgan fingerprint density at radius 2 is 1.96 bits per heavy atom. The molecule has 0 fully saturated rings. The molecule has 0 bridgehead atoms. The number of amides is 3. The van der Waals surface area contributed by atoms with E-state index < -0.39 is 22.8 Å². The molecule has 2 aromatic carbocycles. The second-order valence-electron chi connectivity index (χ2n) is 5.67. The molecule has 3 rings (SSSR count). The number of hydrogen-bond donors (Lipinski definition) is 3. The summed E-state index contributed by atoms with van der Waals surface area (Å²) in [6, 6.07) is 7.60. The van der Waals surface area contributed by atoms with Crippen LogP contribution in [0.25, 0.3) is 0 Å². The number of alkyl halides is 3. The van der Waals surface area contributed by atoms with E-state index in [1.165, 1.54) is 0 Å². The van der Waals surface area contributed by atoms with Crippen LogP contribution in [-0.2, 0) is 19.3 Å². The molecule has 0 saturated heterocycles. The number of rotatable bonds is 3. The van der Waals surface area contributed by atoms with E-state index in [0.29, 0.717) is 12.1 Å². The Morgan fingerprint density at radius 1 is 1.19 bits per heavy atom. The molecule has 26 heavy (non-hydrogen) atoms. The average Bonchev–Trinajstić information content (AvgIpc) is 2.92. The summed E-state index contributed by atoms with van der Waals surface area (Å²) in [6.07, 6.45) is -4.55. The molecular formula is C17H13ClF3N3O2. The van der Waals surface area contributed by atoms with Gasteiger partial charge in [-0.15, -0.1) is 0 Å². The van der Waals surface area contributed by atoms with E-state index in [2.05, 4.69) is 16.0 Å². The van der Waals surface area contributed by atoms with E-state index in [9.17, 15) is 22.8 Å². The van der Waals surface area contributed by atoms with Gasteiger partial charge >= 0.3 is 12.2 Å². The van der Waals surface area contributed by atoms with Crippen molar-refractivity contribution in [1.29, 1.82) is 0 Å². The van der Waals surface area contributed by atoms with E-state index >= 15 is 0 Å². The van der Waals surface area contributed by atoms with Crippen molar-refractivity contribution in [3.8, 4) is 0 Å². The van der Waals surface area contributed by atoms with Gasteiger partial charge in [0.2, 0.25) is 0 Å². The molecule has 1 aliphatic rings. The van der Waals surface area contributed by atoms with Gasteiger partial charge in [0.15, 0.2) is 0 Å². The van der Waals surface area contributed by atoms with Crippen molar-refractivity contribution in [2.24, 2.45) is 0 Å². The van der Waals surface area contributed by atoms with Gasteiger partial charge in [-0.25, -0.2) is 4.79 Å². The lowest BCUT2D eigenvalue weighted by molar-refractivity contribution is -0.137. The third-order valence-electron chi connectivity index (χ3n) is 3.84. The van der Waals surface area contributed by atoms with Crippen LogP contribution >= 0.6 is 11.6 Å². The summed E-state index contributed by atoms with van der Waals surface area (Å²) in [5.74, 6) is -0.128. The quantitative estimate of drug-likeness (QED) is 0.751. The van der Waals surface area contributed by atoms with E-state index in [1.807, 2.05) is 6.07 Å². The monoisotopic (exact) mass is 383 g/mol. The molecule has 2 aromatic rings. The van der Waals surface area contributed by atoms with E-state index in [4.69, 9.17) is 11.6 Å². The van der Waals surface area contributed by atoms with Crippen molar-refractivity contribution in [2.75, 3.05) is 5.32 Å². The van der Waals surface area contributed by atoms with Crippen molar-refractivity contribution in [3.05, 3.63) is 63.7 Å². The molecule has 9 heteroatoms. The number of carbonyl (C=O) groups excluding carboxylic acids is 2. The van der Waals surface area contributed by atoms with Crippen LogP contribution in [0.3, 0.4) is 0 Å². The topological polar surface area (TPSA) is 70.2 Å². The first-order chi connectivity index (χ1) is 12.2. The van der Waals surface area contributed by atoms with Gasteiger partial charge < -0.3 is 16.0 Å². The smallest absolute Gasteiger partial charge is 0.348 e. The number of fused-ring (bicyclic) bond motifs is 1. The van der Waals surface area contributed by atoms with Gasteiger partial charge in [-0.2, -0.15) is 13.2 Å². The highest BCUT2D eigenvalue weighted by molar-refractivity contribution is 6.31. The van der Waals surface area contributed by atoms with Crippen molar-refractivity contribution < 1.29 is 22.8 Å². The molecule has 0 aliphatic carbocycles. The first kappa shape index (κ1) is 18.1. The molecule has 0 spiro atoms. The molecule has 0 radical (unpaired) electrons. The fourth-order valence-electron chi connectivity index (χ4n) is 2.58. The minimum absolute atomic E-state index is 0.128. The lowest BCUT2D eigenvalue weighted by Crippen LogP contribution is -2.28. The normalized spacial score (nSPS) is 13.2. The third-order valence-corrected chi connectivity index (χ3v) is 4.15. The van der Waals surface area contributed by atoms with Crippen LogP contribution in [0.15, 0.2) is 36.4 Å². The SMILES string of the molecule is O=C(NCc1ccc2c(c1)CNC2=O)Nc1ccc(C(F)(F)F)c(Cl)c1. The summed E-state index contributed by atoms with van der Waals surface area (Å²) in [5.41, 5.74) is 1.43. The summed E-state index contributed by atoms with van der Waals surface area (Å²) < 4.78 is 38.0. The number of benzene rings is 2. The standard InChI is InChI=1S/C17H13ClF3N3O2/c18-14-6-11(2-4-13(14)17(19,20)21)24-16(26)23-7-9-1-3-12-10(5-9)8-22-15(12)25/h1-6H,7-8H2,(H,22,25)(H2,23,24,26). The van der Waals surface area contributed by atoms with Gasteiger partial charge in [0.25, 0.3) is 5.91 Å². The molecule has 1 aliphatic heterocycles. The van der Waals surface area contributed by atoms with Crippen molar-refractivity contribution >= 4 is 29.2 Å². The second-order valence-corrected chi connectivity index (χ2v) is 6.08. The van der Waals surface area contributed by atoms with Crippen molar-refractivity contribution in [2.45, 2.75) is 19.3 Å². The molecule has 5 nitrogen and oxygen atoms in total. The van der Waals surface area contributed by atoms with Gasteiger partial charge in [0.1, 0.15) is 0 Å². The Bertz CT molecular complexity index is 884. The second kappa shape index (κ2) is 6.87. The van der Waals surface area contributed by atoms with E-state index in [0.717, 1.165) is 29.3 Å². The molecule has 1 heterocycles. The lowest BCUT2D eigenvalue weighted by atomic mass is 10.1. The zero-order chi connectivity index (χ0) is 18.9. The highest BCUT2D eigenvalue weighted by Crippen LogP contribution is 2.35. The molecule has 3 N–H and O–H groups in total. The predicted molar refractivity (Wildman–Crippen MR) is 89.9 cm³/mol. The Kier molecular flexibility index (Phi) is 4.78. The first-order valence-electron chi connectivity index (χ1n) is 7.55. The van der Waals surface area contributed by atoms with Crippen LogP contribution in [0.1, 0.15) is 27.0 Å². The lowest BCUT2D eigenvalue weighted by Gasteiger charge is -2.12. The summed E-state index contributed by atoms with van der Waals surface area (Å²) in [7, 11) is 0. The fraction of sp³-hybridized carbons (Fsp3) is 0.176. The van der Waals surface area contributed by atoms with Gasteiger partial charge in [-0.3, -0.25) is 4.79 Å². The van der Waals surface area contributed by atoms with Gasteiger partial charge in [-0.1, -0.05) is 23.7 Å². The van der Waals surface area contributed by atoms with Crippen LogP contribution in [0.4, 0.5) is 23.7 Å². The summed E-state index contributed by atoms with van der Waals surface area (Å²) >= 11 is 5.61. The maximum atomic E-state index is 12.7. The number of nitrogens with one attached hydrogen (secondary N) is 3. The molecule has 0 aromatic heterocycles. The maximum absolute atomic E-state index is 12.7. The highest BCUT2D eigenvalue weighted by Gasteiger charge is 2.33. The summed E-state index contributed by atoms with van der Waals surface area (Å²) in [6.45, 7) is 0.639. The Balaban J connectivity index is 1.60. The number of urea groups is 1. The zero-order valence-corrected chi connectivity index (χ0v) is 14.0. The molecule has 136 valence electrons. The molecular weight excluding hydrogens is 371 g/mol. The Labute approximate surface area is 151 Å². The molecule has 0 unspecified atom stereocenters. The Hall–Kier alpha value is -2.74. The van der Waals surface area contributed by atoms with Crippen LogP contribution in [0, 0.1) is 0 Å². The van der Waals surface area contributed by atoms with Gasteiger partial charge in [0.05, 0.1) is 10.6 Å². The van der Waals surface area contributed by atoms with Crippen molar-refractivity contribution in [3.63, 3.8) is 0 Å². The molecule has 0 atom stereocenters. The summed E-state index contributed by atoms with van der Waals surface area (Å²) in [4.78, 5) is 23.4. The Morgan fingerprint density at radius 3 is 2.65 bits per heavy atom. The largest absolute Gasteiger partial charge is 0.417 e. The maximum Gasteiger partial charge on any atom is 0.417 e.